The molecule has 16 heavy (non-hydrogen) atoms. The lowest BCUT2D eigenvalue weighted by Gasteiger charge is -2.37. The van der Waals surface area contributed by atoms with E-state index in [-0.39, 0.29) is 11.6 Å². The van der Waals surface area contributed by atoms with Gasteiger partial charge in [-0.05, 0) is 25.7 Å². The summed E-state index contributed by atoms with van der Waals surface area (Å²) in [5.41, 5.74) is 5.61. The van der Waals surface area contributed by atoms with Gasteiger partial charge in [-0.3, -0.25) is 0 Å². The molecule has 1 atom stereocenters. The number of nitrogens with zero attached hydrogens (tertiary/aromatic N) is 2. The van der Waals surface area contributed by atoms with E-state index in [4.69, 9.17) is 15.0 Å². The van der Waals surface area contributed by atoms with Gasteiger partial charge in [0.05, 0.1) is 6.04 Å². The summed E-state index contributed by atoms with van der Waals surface area (Å²) in [5, 5.41) is 3.99. The molecule has 1 aromatic rings. The average molecular weight is 225 g/mol. The summed E-state index contributed by atoms with van der Waals surface area (Å²) in [6, 6.07) is -0.153. The minimum absolute atomic E-state index is 0.153. The topological polar surface area (TPSA) is 74.2 Å². The first kappa shape index (κ1) is 11.5. The van der Waals surface area contributed by atoms with Crippen molar-refractivity contribution in [1.82, 2.24) is 10.1 Å². The smallest absolute Gasteiger partial charge is 0.243 e. The Morgan fingerprint density at radius 1 is 1.56 bits per heavy atom. The fourth-order valence-corrected chi connectivity index (χ4v) is 2.02. The number of rotatable bonds is 5. The minimum Gasteiger partial charge on any atom is -0.370 e. The largest absolute Gasteiger partial charge is 0.370 e. The van der Waals surface area contributed by atoms with E-state index in [0.29, 0.717) is 11.7 Å². The van der Waals surface area contributed by atoms with Gasteiger partial charge in [-0.15, -0.1) is 0 Å². The molecule has 0 aromatic carbocycles. The SMILES string of the molecule is CCCC(N)c1nc(C2(OC)CCC2)no1. The summed E-state index contributed by atoms with van der Waals surface area (Å²) in [6.07, 6.45) is 4.95. The van der Waals surface area contributed by atoms with Crippen LogP contribution in [0.1, 0.15) is 56.8 Å². The van der Waals surface area contributed by atoms with Crippen molar-refractivity contribution < 1.29 is 9.26 Å². The van der Waals surface area contributed by atoms with Gasteiger partial charge in [-0.2, -0.15) is 4.98 Å². The summed E-state index contributed by atoms with van der Waals surface area (Å²) in [6.45, 7) is 2.08. The highest BCUT2D eigenvalue weighted by Gasteiger charge is 2.43. The first-order chi connectivity index (χ1) is 7.72. The normalized spacial score (nSPS) is 20.4. The number of hydrogen-bond acceptors (Lipinski definition) is 5. The summed E-state index contributed by atoms with van der Waals surface area (Å²) >= 11 is 0. The molecule has 1 unspecified atom stereocenters. The van der Waals surface area contributed by atoms with E-state index < -0.39 is 0 Å². The molecular formula is C11H19N3O2. The number of aromatic nitrogens is 2. The van der Waals surface area contributed by atoms with Crippen LogP contribution >= 0.6 is 0 Å². The van der Waals surface area contributed by atoms with Crippen molar-refractivity contribution in [2.45, 2.75) is 50.7 Å². The molecule has 5 nitrogen and oxygen atoms in total. The van der Waals surface area contributed by atoms with Gasteiger partial charge in [0.2, 0.25) is 11.7 Å². The maximum atomic E-state index is 5.93. The van der Waals surface area contributed by atoms with Crippen molar-refractivity contribution in [3.63, 3.8) is 0 Å². The van der Waals surface area contributed by atoms with Gasteiger partial charge >= 0.3 is 0 Å². The summed E-state index contributed by atoms with van der Waals surface area (Å²) in [4.78, 5) is 4.37. The molecule has 1 heterocycles. The fraction of sp³-hybridized carbons (Fsp3) is 0.818. The highest BCUT2D eigenvalue weighted by Crippen LogP contribution is 2.42. The summed E-state index contributed by atoms with van der Waals surface area (Å²) in [7, 11) is 1.70. The van der Waals surface area contributed by atoms with Gasteiger partial charge in [-0.1, -0.05) is 18.5 Å². The Bertz CT molecular complexity index is 341. The van der Waals surface area contributed by atoms with Crippen LogP contribution in [-0.2, 0) is 10.3 Å². The van der Waals surface area contributed by atoms with E-state index in [1.54, 1.807) is 7.11 Å². The van der Waals surface area contributed by atoms with E-state index >= 15 is 0 Å². The summed E-state index contributed by atoms with van der Waals surface area (Å²) in [5.74, 6) is 1.18. The zero-order valence-corrected chi connectivity index (χ0v) is 9.90. The molecule has 0 spiro atoms. The van der Waals surface area contributed by atoms with E-state index in [0.717, 1.165) is 32.1 Å². The highest BCUT2D eigenvalue weighted by molar-refractivity contribution is 5.07. The lowest BCUT2D eigenvalue weighted by Crippen LogP contribution is -2.37. The van der Waals surface area contributed by atoms with Crippen LogP contribution in [0.3, 0.4) is 0 Å². The van der Waals surface area contributed by atoms with Crippen LogP contribution in [-0.4, -0.2) is 17.3 Å². The lowest BCUT2D eigenvalue weighted by atomic mass is 9.79. The van der Waals surface area contributed by atoms with Crippen LogP contribution in [0.4, 0.5) is 0 Å². The molecule has 2 N–H and O–H groups in total. The van der Waals surface area contributed by atoms with Gasteiger partial charge in [0.15, 0.2) is 0 Å². The molecule has 90 valence electrons. The van der Waals surface area contributed by atoms with Gasteiger partial charge in [-0.25, -0.2) is 0 Å². The number of methoxy groups -OCH3 is 1. The zero-order valence-electron chi connectivity index (χ0n) is 9.90. The maximum Gasteiger partial charge on any atom is 0.243 e. The Morgan fingerprint density at radius 3 is 2.81 bits per heavy atom. The second-order valence-corrected chi connectivity index (χ2v) is 4.40. The average Bonchev–Trinajstić information content (AvgIpc) is 2.67. The van der Waals surface area contributed by atoms with Crippen LogP contribution in [0, 0.1) is 0 Å². The molecular weight excluding hydrogens is 206 g/mol. The predicted molar refractivity (Wildman–Crippen MR) is 58.7 cm³/mol. The molecule has 0 saturated heterocycles. The van der Waals surface area contributed by atoms with Gasteiger partial charge in [0, 0.05) is 7.11 Å². The van der Waals surface area contributed by atoms with Crippen molar-refractivity contribution in [2.75, 3.05) is 7.11 Å². The Kier molecular flexibility index (Phi) is 3.25. The number of nitrogens with two attached hydrogens (primary N) is 1. The quantitative estimate of drug-likeness (QED) is 0.828. The van der Waals surface area contributed by atoms with Gasteiger partial charge in [0.25, 0.3) is 0 Å². The molecule has 2 rings (SSSR count). The van der Waals surface area contributed by atoms with Crippen molar-refractivity contribution in [3.8, 4) is 0 Å². The lowest BCUT2D eigenvalue weighted by molar-refractivity contribution is -0.0858. The Labute approximate surface area is 95.3 Å². The molecule has 5 heteroatoms. The van der Waals surface area contributed by atoms with Gasteiger partial charge in [0.1, 0.15) is 5.60 Å². The van der Waals surface area contributed by atoms with Crippen LogP contribution in [0.2, 0.25) is 0 Å². The van der Waals surface area contributed by atoms with E-state index in [1.165, 1.54) is 0 Å². The third-order valence-electron chi connectivity index (χ3n) is 3.32. The molecule has 0 aliphatic heterocycles. The van der Waals surface area contributed by atoms with Crippen molar-refractivity contribution in [2.24, 2.45) is 5.73 Å². The second-order valence-electron chi connectivity index (χ2n) is 4.40. The Morgan fingerprint density at radius 2 is 2.31 bits per heavy atom. The van der Waals surface area contributed by atoms with E-state index in [2.05, 4.69) is 17.1 Å². The first-order valence-electron chi connectivity index (χ1n) is 5.86. The van der Waals surface area contributed by atoms with Gasteiger partial charge < -0.3 is 15.0 Å². The molecule has 0 bridgehead atoms. The van der Waals surface area contributed by atoms with Crippen LogP contribution in [0.15, 0.2) is 4.52 Å². The van der Waals surface area contributed by atoms with Crippen LogP contribution in [0.25, 0.3) is 0 Å². The highest BCUT2D eigenvalue weighted by atomic mass is 16.5. The molecule has 1 aromatic heterocycles. The van der Waals surface area contributed by atoms with Crippen molar-refractivity contribution >= 4 is 0 Å². The van der Waals surface area contributed by atoms with Crippen LogP contribution < -0.4 is 5.73 Å². The molecule has 1 fully saturated rings. The standard InChI is InChI=1S/C11H19N3O2/c1-3-5-8(12)9-13-10(14-16-9)11(15-2)6-4-7-11/h8H,3-7,12H2,1-2H3. The molecule has 1 aliphatic rings. The van der Waals surface area contributed by atoms with Crippen LogP contribution in [0.5, 0.6) is 0 Å². The Balaban J connectivity index is 2.12. The second kappa shape index (κ2) is 4.51. The van der Waals surface area contributed by atoms with E-state index in [1.807, 2.05) is 0 Å². The van der Waals surface area contributed by atoms with E-state index in [9.17, 15) is 0 Å². The molecule has 1 saturated carbocycles. The molecule has 0 radical (unpaired) electrons. The van der Waals surface area contributed by atoms with Crippen molar-refractivity contribution in [1.29, 1.82) is 0 Å². The third-order valence-corrected chi connectivity index (χ3v) is 3.32. The molecule has 0 amide bonds. The zero-order chi connectivity index (χ0) is 11.6. The predicted octanol–water partition coefficient (Wildman–Crippen LogP) is 1.90. The summed E-state index contributed by atoms with van der Waals surface area (Å²) < 4.78 is 10.7. The third kappa shape index (κ3) is 1.85. The first-order valence-corrected chi connectivity index (χ1v) is 5.86. The maximum absolute atomic E-state index is 5.93. The monoisotopic (exact) mass is 225 g/mol. The number of ether oxygens (including phenoxy) is 1. The minimum atomic E-state index is -0.312. The Hall–Kier alpha value is -0.940. The molecule has 1 aliphatic carbocycles. The van der Waals surface area contributed by atoms with Crippen molar-refractivity contribution in [3.05, 3.63) is 11.7 Å². The number of hydrogen-bond donors (Lipinski definition) is 1. The fourth-order valence-electron chi connectivity index (χ4n) is 2.02.